The lowest BCUT2D eigenvalue weighted by molar-refractivity contribution is 0.580. The van der Waals surface area contributed by atoms with Gasteiger partial charge in [0.1, 0.15) is 0 Å². The first-order valence-electron chi connectivity index (χ1n) is 21.9. The van der Waals surface area contributed by atoms with E-state index in [0.717, 1.165) is 0 Å². The van der Waals surface area contributed by atoms with Gasteiger partial charge in [-0.25, -0.2) is 0 Å². The quantitative estimate of drug-likeness (QED) is 0.157. The average Bonchev–Trinajstić information content (AvgIpc) is 3.60. The Morgan fingerprint density at radius 3 is 1.52 bits per heavy atom. The lowest BCUT2D eigenvalue weighted by atomic mass is 9.76. The van der Waals surface area contributed by atoms with Crippen LogP contribution in [-0.4, -0.2) is 0 Å². The van der Waals surface area contributed by atoms with E-state index in [1.165, 1.54) is 121 Å². The first-order chi connectivity index (χ1) is 28.5. The van der Waals surface area contributed by atoms with Gasteiger partial charge in [0.2, 0.25) is 0 Å². The predicted molar refractivity (Wildman–Crippen MR) is 259 cm³/mol. The highest BCUT2D eigenvalue weighted by Gasteiger charge is 2.40. The summed E-state index contributed by atoms with van der Waals surface area (Å²) in [5, 5.41) is 7.95. The summed E-state index contributed by atoms with van der Waals surface area (Å²) in [6.45, 7) is 23.8. The third-order valence-electron chi connectivity index (χ3n) is 14.5. The van der Waals surface area contributed by atoms with E-state index in [4.69, 9.17) is 0 Å². The van der Waals surface area contributed by atoms with Gasteiger partial charge < -0.3 is 0 Å². The number of benzene rings is 9. The third kappa shape index (κ3) is 5.29. The van der Waals surface area contributed by atoms with Crippen molar-refractivity contribution in [3.8, 4) is 55.6 Å². The molecule has 2 aliphatic rings. The lowest BCUT2D eigenvalue weighted by Gasteiger charge is -2.28. The van der Waals surface area contributed by atoms with Gasteiger partial charge in [0.25, 0.3) is 0 Å². The smallest absolute Gasteiger partial charge is 0.0159 e. The van der Waals surface area contributed by atoms with Crippen LogP contribution in [0.3, 0.4) is 0 Å². The van der Waals surface area contributed by atoms with Crippen LogP contribution in [0.4, 0.5) is 0 Å². The van der Waals surface area contributed by atoms with Crippen molar-refractivity contribution in [2.45, 2.75) is 90.9 Å². The molecule has 0 saturated heterocycles. The van der Waals surface area contributed by atoms with Crippen molar-refractivity contribution in [2.75, 3.05) is 0 Å². The molecule has 60 heavy (non-hydrogen) atoms. The van der Waals surface area contributed by atoms with Crippen molar-refractivity contribution >= 4 is 32.3 Å². The van der Waals surface area contributed by atoms with E-state index < -0.39 is 0 Å². The zero-order chi connectivity index (χ0) is 41.7. The van der Waals surface area contributed by atoms with E-state index in [-0.39, 0.29) is 21.7 Å². The third-order valence-corrected chi connectivity index (χ3v) is 14.5. The Bertz CT molecular complexity index is 3240. The van der Waals surface area contributed by atoms with Crippen LogP contribution in [-0.2, 0) is 21.7 Å². The van der Waals surface area contributed by atoms with Crippen LogP contribution < -0.4 is 0 Å². The molecule has 0 radical (unpaired) electrons. The van der Waals surface area contributed by atoms with Gasteiger partial charge in [-0.3, -0.25) is 0 Å². The summed E-state index contributed by atoms with van der Waals surface area (Å²) < 4.78 is 0. The van der Waals surface area contributed by atoms with Crippen LogP contribution in [0.1, 0.15) is 103 Å². The summed E-state index contributed by atoms with van der Waals surface area (Å²) in [6, 6.07) is 56.4. The molecular weight excluding hydrogens is 721 g/mol. The van der Waals surface area contributed by atoms with E-state index >= 15 is 0 Å². The molecule has 0 aliphatic heterocycles. The van der Waals surface area contributed by atoms with Crippen LogP contribution in [0.15, 0.2) is 146 Å². The molecule has 0 spiro atoms. The van der Waals surface area contributed by atoms with Crippen molar-refractivity contribution in [1.29, 1.82) is 0 Å². The summed E-state index contributed by atoms with van der Waals surface area (Å²) in [7, 11) is 0. The minimum atomic E-state index is -0.163. The molecule has 11 rings (SSSR count). The molecule has 9 aromatic rings. The molecule has 0 nitrogen and oxygen atoms in total. The number of hydrogen-bond donors (Lipinski definition) is 0. The van der Waals surface area contributed by atoms with Gasteiger partial charge in [-0.1, -0.05) is 191 Å². The van der Waals surface area contributed by atoms with Gasteiger partial charge >= 0.3 is 0 Å². The zero-order valence-electron chi connectivity index (χ0n) is 36.9. The minimum Gasteiger partial charge on any atom is -0.0610 e. The van der Waals surface area contributed by atoms with Crippen LogP contribution in [0.2, 0.25) is 0 Å². The molecule has 0 aromatic heterocycles. The topological polar surface area (TPSA) is 0 Å². The molecule has 0 heterocycles. The van der Waals surface area contributed by atoms with Gasteiger partial charge in [-0.2, -0.15) is 0 Å². The standard InChI is InChI=1S/C60H54/c1-57(2,3)42-23-28-48-52(33-42)60(9,10)53-34-43(58(4,5)6)32-49(56(48)53)41-22-26-46-45-25-21-39(30-50(45)59(7,8)51(46)31-41)38-15-12-16-40(29-38)44-24-19-37-18-17-35-13-11-14-36-20-27-47(44)55(37)54(35)36/h11-34H,1-10H3. The Kier molecular flexibility index (Phi) is 7.59. The van der Waals surface area contributed by atoms with Crippen LogP contribution >= 0.6 is 0 Å². The molecule has 0 fully saturated rings. The molecule has 0 N–H and O–H groups in total. The predicted octanol–water partition coefficient (Wildman–Crippen LogP) is 16.8. The van der Waals surface area contributed by atoms with E-state index in [0.29, 0.717) is 0 Å². The fraction of sp³-hybridized carbons (Fsp3) is 0.233. The second-order valence-electron chi connectivity index (χ2n) is 21.0. The minimum absolute atomic E-state index is 0.0190. The maximum atomic E-state index is 2.53. The monoisotopic (exact) mass is 774 g/mol. The highest BCUT2D eigenvalue weighted by Crippen LogP contribution is 2.56. The fourth-order valence-corrected chi connectivity index (χ4v) is 10.9. The van der Waals surface area contributed by atoms with E-state index in [9.17, 15) is 0 Å². The highest BCUT2D eigenvalue weighted by molar-refractivity contribution is 6.25. The highest BCUT2D eigenvalue weighted by atomic mass is 14.4. The second kappa shape index (κ2) is 12.3. The number of rotatable bonds is 3. The summed E-state index contributed by atoms with van der Waals surface area (Å²) >= 11 is 0. The molecule has 0 heteroatoms. The molecule has 2 aliphatic carbocycles. The normalized spacial score (nSPS) is 15.1. The van der Waals surface area contributed by atoms with Gasteiger partial charge in [-0.05, 0) is 156 Å². The average molecular weight is 775 g/mol. The summed E-state index contributed by atoms with van der Waals surface area (Å²) in [6.07, 6.45) is 0. The first-order valence-corrected chi connectivity index (χ1v) is 21.9. The van der Waals surface area contributed by atoms with Gasteiger partial charge in [-0.15, -0.1) is 0 Å². The fourth-order valence-electron chi connectivity index (χ4n) is 10.9. The van der Waals surface area contributed by atoms with Crippen LogP contribution in [0.25, 0.3) is 88.0 Å². The van der Waals surface area contributed by atoms with Crippen molar-refractivity contribution in [3.63, 3.8) is 0 Å². The molecule has 0 atom stereocenters. The van der Waals surface area contributed by atoms with Gasteiger partial charge in [0.15, 0.2) is 0 Å². The number of fused-ring (bicyclic) bond motifs is 6. The maximum Gasteiger partial charge on any atom is 0.0159 e. The van der Waals surface area contributed by atoms with E-state index in [1.54, 1.807) is 0 Å². The van der Waals surface area contributed by atoms with Crippen molar-refractivity contribution in [3.05, 3.63) is 179 Å². The molecule has 294 valence electrons. The largest absolute Gasteiger partial charge is 0.0610 e. The summed E-state index contributed by atoms with van der Waals surface area (Å²) in [5.74, 6) is 0. The Morgan fingerprint density at radius 1 is 0.333 bits per heavy atom. The maximum absolute atomic E-state index is 2.53. The lowest BCUT2D eigenvalue weighted by Crippen LogP contribution is -2.19. The summed E-state index contributed by atoms with van der Waals surface area (Å²) in [5.41, 5.74) is 21.5. The van der Waals surface area contributed by atoms with Crippen molar-refractivity contribution in [1.82, 2.24) is 0 Å². The first kappa shape index (κ1) is 37.1. The summed E-state index contributed by atoms with van der Waals surface area (Å²) in [4.78, 5) is 0. The van der Waals surface area contributed by atoms with Gasteiger partial charge in [0, 0.05) is 10.8 Å². The Hall–Kier alpha value is -5.98. The van der Waals surface area contributed by atoms with Gasteiger partial charge in [0.05, 0.1) is 0 Å². The van der Waals surface area contributed by atoms with Crippen molar-refractivity contribution in [2.24, 2.45) is 0 Å². The molecule has 0 bridgehead atoms. The number of hydrogen-bond acceptors (Lipinski definition) is 0. The van der Waals surface area contributed by atoms with Crippen LogP contribution in [0.5, 0.6) is 0 Å². The van der Waals surface area contributed by atoms with E-state index in [2.05, 4.69) is 215 Å². The van der Waals surface area contributed by atoms with E-state index in [1.807, 2.05) is 0 Å². The molecule has 9 aromatic carbocycles. The zero-order valence-corrected chi connectivity index (χ0v) is 36.9. The Morgan fingerprint density at radius 2 is 0.817 bits per heavy atom. The molecular formula is C60H54. The second-order valence-corrected chi connectivity index (χ2v) is 21.0. The Balaban J connectivity index is 1.01. The SMILES string of the molecule is CC(C)(C)c1ccc2c(c1)C(C)(C)c1cc(C(C)(C)C)cc(-c3ccc4c(c3)C(C)(C)c3cc(-c5cccc(-c6ccc7ccc8cccc9ccc6c7c89)c5)ccc3-4)c1-2. The molecule has 0 amide bonds. The Labute approximate surface area is 356 Å². The van der Waals surface area contributed by atoms with Crippen molar-refractivity contribution < 1.29 is 0 Å². The molecule has 0 unspecified atom stereocenters. The molecule has 0 saturated carbocycles. The van der Waals surface area contributed by atoms with Crippen LogP contribution in [0, 0.1) is 0 Å².